The molecule has 0 fully saturated rings. The molecule has 1 aromatic carbocycles. The first kappa shape index (κ1) is 17.4. The normalized spacial score (nSPS) is 11.9. The first-order valence-corrected chi connectivity index (χ1v) is 7.46. The minimum Gasteiger partial charge on any atom is -0.478 e. The highest BCUT2D eigenvalue weighted by molar-refractivity contribution is 7.89. The maximum atomic E-state index is 12.0. The summed E-state index contributed by atoms with van der Waals surface area (Å²) >= 11 is 0. The second-order valence-electron chi connectivity index (χ2n) is 4.51. The standard InChI is InChI=1S/C12H18N2O6S/c1-14(2)21(19,20)9-3-4-11(10(5-9)12(17)18)13-8(6-15)7-16/h3-5,8,13,15-16H,6-7H2,1-2H3,(H,17,18). The Labute approximate surface area is 122 Å². The number of anilines is 1. The Morgan fingerprint density at radius 2 is 1.86 bits per heavy atom. The van der Waals surface area contributed by atoms with E-state index in [9.17, 15) is 18.3 Å². The first-order valence-electron chi connectivity index (χ1n) is 6.02. The molecule has 9 heteroatoms. The number of aliphatic hydroxyl groups is 2. The number of sulfonamides is 1. The van der Waals surface area contributed by atoms with Crippen LogP contribution in [0.3, 0.4) is 0 Å². The monoisotopic (exact) mass is 318 g/mol. The third kappa shape index (κ3) is 3.91. The predicted octanol–water partition coefficient (Wildman–Crippen LogP) is -0.600. The van der Waals surface area contributed by atoms with Gasteiger partial charge in [0, 0.05) is 19.8 Å². The molecule has 0 aliphatic carbocycles. The molecule has 0 aromatic heterocycles. The maximum absolute atomic E-state index is 12.0. The van der Waals surface area contributed by atoms with E-state index < -0.39 is 35.2 Å². The van der Waals surface area contributed by atoms with Gasteiger partial charge in [-0.05, 0) is 18.2 Å². The molecule has 4 N–H and O–H groups in total. The number of hydrogen-bond acceptors (Lipinski definition) is 6. The van der Waals surface area contributed by atoms with Crippen molar-refractivity contribution < 1.29 is 28.5 Å². The molecule has 0 bridgehead atoms. The first-order chi connectivity index (χ1) is 9.73. The Morgan fingerprint density at radius 1 is 1.29 bits per heavy atom. The third-order valence-corrected chi connectivity index (χ3v) is 4.61. The Bertz CT molecular complexity index is 610. The lowest BCUT2D eigenvalue weighted by Gasteiger charge is -2.18. The lowest BCUT2D eigenvalue weighted by molar-refractivity contribution is 0.0697. The minimum absolute atomic E-state index is 0.119. The van der Waals surface area contributed by atoms with Gasteiger partial charge in [-0.3, -0.25) is 0 Å². The highest BCUT2D eigenvalue weighted by atomic mass is 32.2. The fraction of sp³-hybridized carbons (Fsp3) is 0.417. The van der Waals surface area contributed by atoms with Crippen LogP contribution in [0.4, 0.5) is 5.69 Å². The molecule has 0 aliphatic rings. The van der Waals surface area contributed by atoms with Crippen molar-refractivity contribution in [2.75, 3.05) is 32.6 Å². The molecule has 21 heavy (non-hydrogen) atoms. The molecule has 0 amide bonds. The summed E-state index contributed by atoms with van der Waals surface area (Å²) in [6.07, 6.45) is 0. The lowest BCUT2D eigenvalue weighted by Crippen LogP contribution is -2.29. The molecule has 0 saturated carbocycles. The average molecular weight is 318 g/mol. The van der Waals surface area contributed by atoms with Crippen molar-refractivity contribution in [1.82, 2.24) is 4.31 Å². The summed E-state index contributed by atoms with van der Waals surface area (Å²) in [5, 5.41) is 29.8. The summed E-state index contributed by atoms with van der Waals surface area (Å²) in [7, 11) is -1.06. The van der Waals surface area contributed by atoms with Crippen molar-refractivity contribution in [2.45, 2.75) is 10.9 Å². The van der Waals surface area contributed by atoms with Gasteiger partial charge in [0.05, 0.1) is 29.7 Å². The van der Waals surface area contributed by atoms with Crippen LogP contribution in [0.1, 0.15) is 10.4 Å². The topological polar surface area (TPSA) is 127 Å². The molecule has 0 unspecified atom stereocenters. The molecule has 0 radical (unpaired) electrons. The van der Waals surface area contributed by atoms with E-state index in [2.05, 4.69) is 5.32 Å². The second kappa shape index (κ2) is 6.85. The molecule has 0 saturated heterocycles. The highest BCUT2D eigenvalue weighted by Gasteiger charge is 2.21. The van der Waals surface area contributed by atoms with Gasteiger partial charge >= 0.3 is 5.97 Å². The molecule has 8 nitrogen and oxygen atoms in total. The zero-order chi connectivity index (χ0) is 16.2. The van der Waals surface area contributed by atoms with Crippen molar-refractivity contribution in [3.63, 3.8) is 0 Å². The van der Waals surface area contributed by atoms with Gasteiger partial charge < -0.3 is 20.6 Å². The van der Waals surface area contributed by atoms with Crippen LogP contribution in [-0.4, -0.2) is 67.4 Å². The largest absolute Gasteiger partial charge is 0.478 e. The molecule has 0 heterocycles. The number of nitrogens with zero attached hydrogens (tertiary/aromatic N) is 1. The molecule has 118 valence electrons. The molecule has 0 atom stereocenters. The van der Waals surface area contributed by atoms with E-state index in [4.69, 9.17) is 10.2 Å². The van der Waals surface area contributed by atoms with E-state index in [1.165, 1.54) is 26.2 Å². The minimum atomic E-state index is -3.75. The van der Waals surface area contributed by atoms with Crippen LogP contribution >= 0.6 is 0 Å². The Balaban J connectivity index is 3.29. The summed E-state index contributed by atoms with van der Waals surface area (Å²) in [4.78, 5) is 11.1. The van der Waals surface area contributed by atoms with Gasteiger partial charge in [-0.25, -0.2) is 17.5 Å². The lowest BCUT2D eigenvalue weighted by atomic mass is 10.1. The van der Waals surface area contributed by atoms with Gasteiger partial charge in [0.25, 0.3) is 0 Å². The van der Waals surface area contributed by atoms with E-state index in [-0.39, 0.29) is 16.1 Å². The second-order valence-corrected chi connectivity index (χ2v) is 6.66. The van der Waals surface area contributed by atoms with Gasteiger partial charge in [0.1, 0.15) is 0 Å². The Morgan fingerprint density at radius 3 is 2.29 bits per heavy atom. The summed E-state index contributed by atoms with van der Waals surface area (Å²) in [6, 6.07) is 2.85. The number of benzene rings is 1. The van der Waals surface area contributed by atoms with E-state index >= 15 is 0 Å². The number of carbonyl (C=O) groups is 1. The third-order valence-electron chi connectivity index (χ3n) is 2.80. The fourth-order valence-corrected chi connectivity index (χ4v) is 2.49. The molecule has 0 aliphatic heterocycles. The fourth-order valence-electron chi connectivity index (χ4n) is 1.57. The maximum Gasteiger partial charge on any atom is 0.337 e. The van der Waals surface area contributed by atoms with E-state index in [1.54, 1.807) is 0 Å². The van der Waals surface area contributed by atoms with Crippen LogP contribution in [0.25, 0.3) is 0 Å². The van der Waals surface area contributed by atoms with Gasteiger partial charge in [0.2, 0.25) is 10.0 Å². The van der Waals surface area contributed by atoms with Crippen molar-refractivity contribution in [3.05, 3.63) is 23.8 Å². The summed E-state index contributed by atoms with van der Waals surface area (Å²) in [6.45, 7) is -0.791. The molecule has 1 rings (SSSR count). The summed E-state index contributed by atoms with van der Waals surface area (Å²) in [5.74, 6) is -1.32. The van der Waals surface area contributed by atoms with Crippen molar-refractivity contribution in [2.24, 2.45) is 0 Å². The summed E-state index contributed by atoms with van der Waals surface area (Å²) in [5.41, 5.74) is -0.141. The highest BCUT2D eigenvalue weighted by Crippen LogP contribution is 2.22. The number of aliphatic hydroxyl groups excluding tert-OH is 2. The van der Waals surface area contributed by atoms with E-state index in [0.29, 0.717) is 0 Å². The van der Waals surface area contributed by atoms with Gasteiger partial charge in [0.15, 0.2) is 0 Å². The number of carboxylic acid groups (broad SMARTS) is 1. The number of aromatic carboxylic acids is 1. The average Bonchev–Trinajstić information content (AvgIpc) is 2.44. The van der Waals surface area contributed by atoms with Gasteiger partial charge in [-0.15, -0.1) is 0 Å². The van der Waals surface area contributed by atoms with Crippen molar-refractivity contribution in [3.8, 4) is 0 Å². The molecule has 0 spiro atoms. The molecular formula is C12H18N2O6S. The zero-order valence-corrected chi connectivity index (χ0v) is 12.5. The Hall–Kier alpha value is -1.68. The van der Waals surface area contributed by atoms with Gasteiger partial charge in [-0.2, -0.15) is 0 Å². The summed E-state index contributed by atoms with van der Waals surface area (Å²) < 4.78 is 24.9. The Kier molecular flexibility index (Phi) is 5.67. The van der Waals surface area contributed by atoms with Crippen molar-refractivity contribution in [1.29, 1.82) is 0 Å². The number of nitrogens with one attached hydrogen (secondary N) is 1. The van der Waals surface area contributed by atoms with E-state index in [1.807, 2.05) is 0 Å². The van der Waals surface area contributed by atoms with Crippen LogP contribution in [0.5, 0.6) is 0 Å². The van der Waals surface area contributed by atoms with Crippen LogP contribution in [0.2, 0.25) is 0 Å². The van der Waals surface area contributed by atoms with Crippen molar-refractivity contribution >= 4 is 21.7 Å². The molecular weight excluding hydrogens is 300 g/mol. The SMILES string of the molecule is CN(C)S(=O)(=O)c1ccc(NC(CO)CO)c(C(=O)O)c1. The zero-order valence-electron chi connectivity index (χ0n) is 11.6. The number of hydrogen-bond donors (Lipinski definition) is 4. The van der Waals surface area contributed by atoms with Crippen LogP contribution < -0.4 is 5.32 Å². The van der Waals surface area contributed by atoms with Crippen LogP contribution in [-0.2, 0) is 10.0 Å². The van der Waals surface area contributed by atoms with Gasteiger partial charge in [-0.1, -0.05) is 0 Å². The van der Waals surface area contributed by atoms with Crippen LogP contribution in [0, 0.1) is 0 Å². The number of rotatable bonds is 7. The van der Waals surface area contributed by atoms with Crippen LogP contribution in [0.15, 0.2) is 23.1 Å². The smallest absolute Gasteiger partial charge is 0.337 e. The quantitative estimate of drug-likeness (QED) is 0.528. The number of carboxylic acids is 1. The predicted molar refractivity (Wildman–Crippen MR) is 75.9 cm³/mol. The van der Waals surface area contributed by atoms with E-state index in [0.717, 1.165) is 10.4 Å². The molecule has 1 aromatic rings.